The van der Waals surface area contributed by atoms with E-state index in [4.69, 9.17) is 0 Å². The molecule has 0 aliphatic carbocycles. The number of hydrogen-bond donors (Lipinski definition) is 2. The molecule has 2 fully saturated rings. The van der Waals surface area contributed by atoms with E-state index in [1.807, 2.05) is 30.1 Å². The van der Waals surface area contributed by atoms with Gasteiger partial charge in [-0.3, -0.25) is 9.89 Å². The highest BCUT2D eigenvalue weighted by Gasteiger charge is 2.36. The molecule has 4 rings (SSSR count). The quantitative estimate of drug-likeness (QED) is 0.883. The van der Waals surface area contributed by atoms with Crippen LogP contribution in [0.3, 0.4) is 0 Å². The fourth-order valence-electron chi connectivity index (χ4n) is 4.00. The summed E-state index contributed by atoms with van der Waals surface area (Å²) in [6.45, 7) is 2.06. The third-order valence-corrected chi connectivity index (χ3v) is 5.47. The maximum absolute atomic E-state index is 12.8. The zero-order chi connectivity index (χ0) is 16.7. The van der Waals surface area contributed by atoms with Crippen molar-refractivity contribution in [3.8, 4) is 11.3 Å². The molecule has 2 atom stereocenters. The fraction of sp³-hybridized carbons (Fsp3) is 0.474. The molecule has 25 heavy (non-hydrogen) atoms. The van der Waals surface area contributed by atoms with Gasteiger partial charge >= 0.3 is 0 Å². The number of hydrogen-bond acceptors (Lipinski definition) is 3. The van der Waals surface area contributed by atoms with E-state index in [2.05, 4.69) is 34.6 Å². The molecular weight excluding hydrogens is 336 g/mol. The van der Waals surface area contributed by atoms with Gasteiger partial charge in [-0.05, 0) is 38.7 Å². The lowest BCUT2D eigenvalue weighted by Crippen LogP contribution is -2.48. The number of halogens is 1. The molecule has 134 valence electrons. The highest BCUT2D eigenvalue weighted by Crippen LogP contribution is 2.30. The molecule has 5 nitrogen and oxygen atoms in total. The molecule has 0 saturated carbocycles. The molecule has 1 amide bonds. The van der Waals surface area contributed by atoms with E-state index in [1.165, 1.54) is 18.4 Å². The zero-order valence-electron chi connectivity index (χ0n) is 14.7. The zero-order valence-corrected chi connectivity index (χ0v) is 15.5. The van der Waals surface area contributed by atoms with Gasteiger partial charge in [0, 0.05) is 30.7 Å². The van der Waals surface area contributed by atoms with Crippen LogP contribution in [0.5, 0.6) is 0 Å². The first-order valence-electron chi connectivity index (χ1n) is 8.76. The Morgan fingerprint density at radius 1 is 1.16 bits per heavy atom. The van der Waals surface area contributed by atoms with E-state index in [0.717, 1.165) is 24.1 Å². The van der Waals surface area contributed by atoms with Crippen molar-refractivity contribution >= 4 is 18.3 Å². The van der Waals surface area contributed by atoms with Gasteiger partial charge in [0.2, 0.25) is 0 Å². The fourth-order valence-corrected chi connectivity index (χ4v) is 4.00. The minimum atomic E-state index is 0. The largest absolute Gasteiger partial charge is 0.337 e. The second kappa shape index (κ2) is 7.18. The number of carbonyl (C=O) groups excluding carboxylic acids is 1. The second-order valence-electron chi connectivity index (χ2n) is 7.21. The van der Waals surface area contributed by atoms with Crippen LogP contribution in [0, 0.1) is 6.92 Å². The first-order chi connectivity index (χ1) is 11.6. The Hall–Kier alpha value is -1.85. The molecule has 2 saturated heterocycles. The summed E-state index contributed by atoms with van der Waals surface area (Å²) < 4.78 is 0. The maximum Gasteiger partial charge on any atom is 0.271 e. The highest BCUT2D eigenvalue weighted by atomic mass is 35.5. The van der Waals surface area contributed by atoms with Crippen molar-refractivity contribution in [1.29, 1.82) is 0 Å². The monoisotopic (exact) mass is 360 g/mol. The number of aryl methyl sites for hydroxylation is 1. The average molecular weight is 361 g/mol. The van der Waals surface area contributed by atoms with Gasteiger partial charge in [0.25, 0.3) is 5.91 Å². The van der Waals surface area contributed by atoms with Crippen molar-refractivity contribution in [3.63, 3.8) is 0 Å². The number of nitrogens with one attached hydrogen (secondary N) is 2. The SMILES string of the molecule is Cc1ccc(-c2cc(C(=O)N(C)C3CC4CCC(C3)N4)[nH]n2)cc1.Cl. The molecule has 0 spiro atoms. The summed E-state index contributed by atoms with van der Waals surface area (Å²) >= 11 is 0. The number of fused-ring (bicyclic) bond motifs is 2. The van der Waals surface area contributed by atoms with Gasteiger partial charge in [-0.15, -0.1) is 12.4 Å². The number of rotatable bonds is 3. The normalized spacial score (nSPS) is 24.6. The molecule has 2 bridgehead atoms. The van der Waals surface area contributed by atoms with Crippen molar-refractivity contribution in [2.24, 2.45) is 0 Å². The lowest BCUT2D eigenvalue weighted by atomic mass is 9.98. The predicted octanol–water partition coefficient (Wildman–Crippen LogP) is 3.16. The van der Waals surface area contributed by atoms with Crippen molar-refractivity contribution in [1.82, 2.24) is 20.4 Å². The number of carbonyl (C=O) groups is 1. The smallest absolute Gasteiger partial charge is 0.271 e. The number of benzene rings is 1. The van der Waals surface area contributed by atoms with Crippen LogP contribution in [-0.4, -0.2) is 46.2 Å². The standard InChI is InChI=1S/C19H24N4O.ClH/c1-12-3-5-13(6-4-12)17-11-18(22-21-17)19(24)23(2)16-9-14-7-8-15(10-16)20-14;/h3-6,11,14-16,20H,7-10H2,1-2H3,(H,21,22);1H. The second-order valence-corrected chi connectivity index (χ2v) is 7.21. The van der Waals surface area contributed by atoms with E-state index < -0.39 is 0 Å². The summed E-state index contributed by atoms with van der Waals surface area (Å²) in [6.07, 6.45) is 4.59. The van der Waals surface area contributed by atoms with Crippen LogP contribution >= 0.6 is 12.4 Å². The van der Waals surface area contributed by atoms with Crippen LogP contribution in [0.25, 0.3) is 11.3 Å². The molecular formula is C19H25ClN4O. The van der Waals surface area contributed by atoms with Crippen LogP contribution in [0.1, 0.15) is 41.7 Å². The number of aromatic nitrogens is 2. The first kappa shape index (κ1) is 18.0. The topological polar surface area (TPSA) is 61.0 Å². The van der Waals surface area contributed by atoms with Crippen molar-refractivity contribution < 1.29 is 4.79 Å². The number of amides is 1. The van der Waals surface area contributed by atoms with Crippen molar-refractivity contribution in [3.05, 3.63) is 41.6 Å². The molecule has 2 unspecified atom stereocenters. The number of H-pyrrole nitrogens is 1. The van der Waals surface area contributed by atoms with E-state index in [1.54, 1.807) is 0 Å². The Morgan fingerprint density at radius 3 is 2.44 bits per heavy atom. The van der Waals surface area contributed by atoms with Crippen LogP contribution in [0.4, 0.5) is 0 Å². The number of aromatic amines is 1. The van der Waals surface area contributed by atoms with Crippen LogP contribution in [0.15, 0.2) is 30.3 Å². The minimum Gasteiger partial charge on any atom is -0.337 e. The molecule has 2 N–H and O–H groups in total. The van der Waals surface area contributed by atoms with E-state index in [-0.39, 0.29) is 18.3 Å². The van der Waals surface area contributed by atoms with Gasteiger partial charge in [0.1, 0.15) is 5.69 Å². The van der Waals surface area contributed by atoms with Crippen molar-refractivity contribution in [2.45, 2.75) is 50.7 Å². The van der Waals surface area contributed by atoms with Gasteiger partial charge in [-0.1, -0.05) is 29.8 Å². The Morgan fingerprint density at radius 2 is 1.80 bits per heavy atom. The van der Waals surface area contributed by atoms with Crippen molar-refractivity contribution in [2.75, 3.05) is 7.05 Å². The molecule has 2 aliphatic heterocycles. The van der Waals surface area contributed by atoms with Crippen LogP contribution in [-0.2, 0) is 0 Å². The molecule has 2 aliphatic rings. The van der Waals surface area contributed by atoms with Gasteiger partial charge in [-0.2, -0.15) is 5.10 Å². The summed E-state index contributed by atoms with van der Waals surface area (Å²) in [5.41, 5.74) is 3.63. The lowest BCUT2D eigenvalue weighted by molar-refractivity contribution is 0.0675. The van der Waals surface area contributed by atoms with E-state index in [9.17, 15) is 4.79 Å². The third kappa shape index (κ3) is 3.58. The molecule has 1 aromatic carbocycles. The Kier molecular flexibility index (Phi) is 5.16. The van der Waals surface area contributed by atoms with E-state index in [0.29, 0.717) is 23.8 Å². The Balaban J connectivity index is 0.00000182. The van der Waals surface area contributed by atoms with Crippen LogP contribution in [0.2, 0.25) is 0 Å². The summed E-state index contributed by atoms with van der Waals surface area (Å²) in [5.74, 6) is 0.0344. The van der Waals surface area contributed by atoms with E-state index >= 15 is 0 Å². The summed E-state index contributed by atoms with van der Waals surface area (Å²) in [6, 6.07) is 11.5. The third-order valence-electron chi connectivity index (χ3n) is 5.47. The van der Waals surface area contributed by atoms with Gasteiger partial charge < -0.3 is 10.2 Å². The molecule has 3 heterocycles. The molecule has 1 aromatic heterocycles. The van der Waals surface area contributed by atoms with Gasteiger partial charge in [-0.25, -0.2) is 0 Å². The summed E-state index contributed by atoms with van der Waals surface area (Å²) in [5, 5.41) is 10.9. The highest BCUT2D eigenvalue weighted by molar-refractivity contribution is 5.93. The first-order valence-corrected chi connectivity index (χ1v) is 8.76. The minimum absolute atomic E-state index is 0. The Labute approximate surface area is 154 Å². The summed E-state index contributed by atoms with van der Waals surface area (Å²) in [4.78, 5) is 14.7. The van der Waals surface area contributed by atoms with Gasteiger partial charge in [0.15, 0.2) is 0 Å². The molecule has 6 heteroatoms. The molecule has 0 radical (unpaired) electrons. The summed E-state index contributed by atoms with van der Waals surface area (Å²) in [7, 11) is 1.92. The average Bonchev–Trinajstić information content (AvgIpc) is 3.21. The maximum atomic E-state index is 12.8. The molecule has 2 aromatic rings. The lowest BCUT2D eigenvalue weighted by Gasteiger charge is -2.35. The Bertz CT molecular complexity index is 730. The number of piperidine rings is 1. The predicted molar refractivity (Wildman–Crippen MR) is 101 cm³/mol. The number of nitrogens with zero attached hydrogens (tertiary/aromatic N) is 2. The van der Waals surface area contributed by atoms with Crippen LogP contribution < -0.4 is 5.32 Å². The van der Waals surface area contributed by atoms with Gasteiger partial charge in [0.05, 0.1) is 5.69 Å².